The number of rotatable bonds is 8. The van der Waals surface area contributed by atoms with Gasteiger partial charge in [-0.1, -0.05) is 26.7 Å². The highest BCUT2D eigenvalue weighted by atomic mass is 32.1. The van der Waals surface area contributed by atoms with Gasteiger partial charge in [0.05, 0.1) is 10.7 Å². The summed E-state index contributed by atoms with van der Waals surface area (Å²) in [7, 11) is 0. The molecule has 3 heteroatoms. The largest absolute Gasteiger partial charge is 0.314 e. The molecule has 0 aliphatic carbocycles. The molecule has 0 aromatic carbocycles. The molecule has 1 N–H and O–H groups in total. The molecule has 0 saturated carbocycles. The van der Waals surface area contributed by atoms with Crippen molar-refractivity contribution in [3.63, 3.8) is 0 Å². The van der Waals surface area contributed by atoms with Crippen LogP contribution in [-0.2, 0) is 12.8 Å². The molecule has 16 heavy (non-hydrogen) atoms. The predicted octanol–water partition coefficient (Wildman–Crippen LogP) is 3.42. The lowest BCUT2D eigenvalue weighted by Crippen LogP contribution is -2.28. The van der Waals surface area contributed by atoms with E-state index in [-0.39, 0.29) is 0 Å². The van der Waals surface area contributed by atoms with Gasteiger partial charge in [0.25, 0.3) is 0 Å². The van der Waals surface area contributed by atoms with E-state index in [4.69, 9.17) is 0 Å². The summed E-state index contributed by atoms with van der Waals surface area (Å²) in [6.07, 6.45) is 6.02. The Morgan fingerprint density at radius 1 is 1.44 bits per heavy atom. The highest BCUT2D eigenvalue weighted by Crippen LogP contribution is 2.10. The monoisotopic (exact) mass is 240 g/mol. The topological polar surface area (TPSA) is 24.9 Å². The second kappa shape index (κ2) is 7.80. The van der Waals surface area contributed by atoms with Gasteiger partial charge in [-0.05, 0) is 19.8 Å². The number of hydrogen-bond acceptors (Lipinski definition) is 3. The third-order valence-corrected chi connectivity index (χ3v) is 3.81. The maximum atomic E-state index is 4.57. The highest BCUT2D eigenvalue weighted by molar-refractivity contribution is 7.09. The zero-order chi connectivity index (χ0) is 11.8. The van der Waals surface area contributed by atoms with Crippen molar-refractivity contribution in [1.29, 1.82) is 0 Å². The van der Waals surface area contributed by atoms with E-state index < -0.39 is 0 Å². The molecule has 1 aromatic heterocycles. The number of hydrogen-bond donors (Lipinski definition) is 1. The van der Waals surface area contributed by atoms with Crippen LogP contribution in [0.25, 0.3) is 0 Å². The summed E-state index contributed by atoms with van der Waals surface area (Å²) in [5, 5.41) is 7.01. The van der Waals surface area contributed by atoms with Crippen molar-refractivity contribution in [3.05, 3.63) is 16.1 Å². The fraction of sp³-hybridized carbons (Fsp3) is 0.769. The van der Waals surface area contributed by atoms with Crippen LogP contribution in [0.2, 0.25) is 0 Å². The molecule has 1 rings (SSSR count). The van der Waals surface area contributed by atoms with Crippen molar-refractivity contribution in [2.45, 2.75) is 58.9 Å². The van der Waals surface area contributed by atoms with Gasteiger partial charge in [0.1, 0.15) is 0 Å². The zero-order valence-corrected chi connectivity index (χ0v) is 11.6. The Morgan fingerprint density at radius 3 is 2.88 bits per heavy atom. The fourth-order valence-electron chi connectivity index (χ4n) is 1.69. The summed E-state index contributed by atoms with van der Waals surface area (Å²) in [4.78, 5) is 4.57. The Balaban J connectivity index is 2.14. The smallest absolute Gasteiger partial charge is 0.0925 e. The lowest BCUT2D eigenvalue weighted by atomic mass is 10.1. The van der Waals surface area contributed by atoms with Gasteiger partial charge in [-0.3, -0.25) is 0 Å². The Hall–Kier alpha value is -0.410. The summed E-state index contributed by atoms with van der Waals surface area (Å²) in [5.74, 6) is 0. The van der Waals surface area contributed by atoms with Gasteiger partial charge < -0.3 is 5.32 Å². The second-order valence-corrected chi connectivity index (χ2v) is 5.28. The van der Waals surface area contributed by atoms with Crippen molar-refractivity contribution in [1.82, 2.24) is 10.3 Å². The van der Waals surface area contributed by atoms with E-state index in [1.807, 2.05) is 0 Å². The van der Waals surface area contributed by atoms with Gasteiger partial charge in [0.2, 0.25) is 0 Å². The lowest BCUT2D eigenvalue weighted by Gasteiger charge is -2.12. The molecule has 1 heterocycles. The Kier molecular flexibility index (Phi) is 6.65. The van der Waals surface area contributed by atoms with Crippen LogP contribution in [0, 0.1) is 0 Å². The first-order valence-corrected chi connectivity index (χ1v) is 7.30. The van der Waals surface area contributed by atoms with Crippen LogP contribution in [0.4, 0.5) is 0 Å². The van der Waals surface area contributed by atoms with Crippen LogP contribution in [0.3, 0.4) is 0 Å². The standard InChI is InChI=1S/C13H24N2S/c1-4-6-7-11(3)14-9-8-12-10-16-13(5-2)15-12/h10-11,14H,4-9H2,1-3H3. The Bertz CT molecular complexity index is 283. The molecule has 0 bridgehead atoms. The molecule has 0 saturated heterocycles. The minimum absolute atomic E-state index is 0.643. The van der Waals surface area contributed by atoms with Gasteiger partial charge >= 0.3 is 0 Å². The van der Waals surface area contributed by atoms with E-state index in [1.165, 1.54) is 30.0 Å². The molecular weight excluding hydrogens is 216 g/mol. The van der Waals surface area contributed by atoms with E-state index in [0.717, 1.165) is 19.4 Å². The maximum absolute atomic E-state index is 4.57. The molecule has 1 atom stereocenters. The maximum Gasteiger partial charge on any atom is 0.0925 e. The van der Waals surface area contributed by atoms with Gasteiger partial charge in [-0.2, -0.15) is 0 Å². The summed E-state index contributed by atoms with van der Waals surface area (Å²) in [6, 6.07) is 0.643. The lowest BCUT2D eigenvalue weighted by molar-refractivity contribution is 0.497. The molecule has 92 valence electrons. The quantitative estimate of drug-likeness (QED) is 0.753. The number of aromatic nitrogens is 1. The first kappa shape index (κ1) is 13.7. The third-order valence-electron chi connectivity index (χ3n) is 2.77. The number of nitrogens with zero attached hydrogens (tertiary/aromatic N) is 1. The van der Waals surface area contributed by atoms with Gasteiger partial charge in [-0.25, -0.2) is 4.98 Å². The van der Waals surface area contributed by atoms with Crippen LogP contribution in [0.15, 0.2) is 5.38 Å². The normalized spacial score (nSPS) is 12.9. The van der Waals surface area contributed by atoms with Crippen molar-refractivity contribution < 1.29 is 0 Å². The molecule has 0 fully saturated rings. The van der Waals surface area contributed by atoms with E-state index in [0.29, 0.717) is 6.04 Å². The minimum Gasteiger partial charge on any atom is -0.314 e. The van der Waals surface area contributed by atoms with Gasteiger partial charge in [0, 0.05) is 24.4 Å². The first-order valence-electron chi connectivity index (χ1n) is 6.42. The molecule has 2 nitrogen and oxygen atoms in total. The van der Waals surface area contributed by atoms with E-state index in [2.05, 4.69) is 36.5 Å². The van der Waals surface area contributed by atoms with Crippen LogP contribution < -0.4 is 5.32 Å². The molecule has 0 amide bonds. The summed E-state index contributed by atoms with van der Waals surface area (Å²) in [6.45, 7) is 7.73. The van der Waals surface area contributed by atoms with Crippen LogP contribution >= 0.6 is 11.3 Å². The number of nitrogens with one attached hydrogen (secondary N) is 1. The molecule has 0 aliphatic rings. The average molecular weight is 240 g/mol. The SMILES string of the molecule is CCCCC(C)NCCc1csc(CC)n1. The van der Waals surface area contributed by atoms with Crippen molar-refractivity contribution >= 4 is 11.3 Å². The average Bonchev–Trinajstić information content (AvgIpc) is 2.74. The van der Waals surface area contributed by atoms with Crippen molar-refractivity contribution in [3.8, 4) is 0 Å². The van der Waals surface area contributed by atoms with E-state index in [9.17, 15) is 0 Å². The predicted molar refractivity (Wildman–Crippen MR) is 72.2 cm³/mol. The van der Waals surface area contributed by atoms with Crippen molar-refractivity contribution in [2.24, 2.45) is 0 Å². The zero-order valence-electron chi connectivity index (χ0n) is 10.8. The Labute approximate surface area is 103 Å². The number of thiazole rings is 1. The molecule has 0 aliphatic heterocycles. The van der Waals surface area contributed by atoms with E-state index >= 15 is 0 Å². The van der Waals surface area contributed by atoms with Crippen molar-refractivity contribution in [2.75, 3.05) is 6.54 Å². The first-order chi connectivity index (χ1) is 7.76. The number of aryl methyl sites for hydroxylation is 1. The van der Waals surface area contributed by atoms with Crippen LogP contribution in [0.1, 0.15) is 50.7 Å². The van der Waals surface area contributed by atoms with Gasteiger partial charge in [-0.15, -0.1) is 11.3 Å². The molecule has 1 aromatic rings. The summed E-state index contributed by atoms with van der Waals surface area (Å²) < 4.78 is 0. The van der Waals surface area contributed by atoms with E-state index in [1.54, 1.807) is 11.3 Å². The molecular formula is C13H24N2S. The Morgan fingerprint density at radius 2 is 2.25 bits per heavy atom. The third kappa shape index (κ3) is 5.08. The molecule has 1 unspecified atom stereocenters. The number of unbranched alkanes of at least 4 members (excludes halogenated alkanes) is 1. The summed E-state index contributed by atoms with van der Waals surface area (Å²) in [5.41, 5.74) is 1.25. The van der Waals surface area contributed by atoms with Crippen LogP contribution in [0.5, 0.6) is 0 Å². The second-order valence-electron chi connectivity index (χ2n) is 4.33. The highest BCUT2D eigenvalue weighted by Gasteiger charge is 2.02. The van der Waals surface area contributed by atoms with Crippen LogP contribution in [-0.4, -0.2) is 17.6 Å². The fourth-order valence-corrected chi connectivity index (χ4v) is 2.46. The molecule has 0 radical (unpaired) electrons. The minimum atomic E-state index is 0.643. The van der Waals surface area contributed by atoms with Gasteiger partial charge in [0.15, 0.2) is 0 Å². The summed E-state index contributed by atoms with van der Waals surface area (Å²) >= 11 is 1.78. The molecule has 0 spiro atoms.